The molecule has 0 unspecified atom stereocenters. The van der Waals surface area contributed by atoms with Crippen molar-refractivity contribution in [1.82, 2.24) is 5.43 Å². The van der Waals surface area contributed by atoms with Crippen LogP contribution in [0.4, 0.5) is 30.2 Å². The summed E-state index contributed by atoms with van der Waals surface area (Å²) >= 11 is 0. The van der Waals surface area contributed by atoms with Crippen LogP contribution in [0, 0.1) is 10.1 Å². The minimum Gasteiger partial charge on any atom is -0.322 e. The minimum absolute atomic E-state index is 0.000836. The summed E-state index contributed by atoms with van der Waals surface area (Å²) in [5.74, 6) is -3.00. The van der Waals surface area contributed by atoms with Gasteiger partial charge in [-0.1, -0.05) is 6.07 Å². The molecule has 2 N–H and O–H groups in total. The molecule has 2 aromatic rings. The van der Waals surface area contributed by atoms with E-state index in [1.54, 1.807) is 5.43 Å². The number of carbonyl (C=O) groups is 3. The fourth-order valence-electron chi connectivity index (χ4n) is 2.09. The van der Waals surface area contributed by atoms with Gasteiger partial charge in [0.2, 0.25) is 6.41 Å². The molecule has 0 atom stereocenters. The van der Waals surface area contributed by atoms with Crippen molar-refractivity contribution in [3.8, 4) is 0 Å². The molecule has 0 spiro atoms. The summed E-state index contributed by atoms with van der Waals surface area (Å²) in [6.07, 6.45) is -5.31. The molecule has 146 valence electrons. The van der Waals surface area contributed by atoms with Crippen LogP contribution in [-0.4, -0.2) is 29.3 Å². The maximum atomic E-state index is 12.6. The van der Waals surface area contributed by atoms with Crippen molar-refractivity contribution in [3.05, 3.63) is 64.2 Å². The van der Waals surface area contributed by atoms with Crippen molar-refractivity contribution < 1.29 is 32.5 Å². The van der Waals surface area contributed by atoms with Crippen LogP contribution >= 0.6 is 0 Å². The van der Waals surface area contributed by atoms with E-state index >= 15 is 0 Å². The number of non-ortho nitro benzene ring substituents is 1. The van der Waals surface area contributed by atoms with Gasteiger partial charge >= 0.3 is 12.1 Å². The first-order valence-electron chi connectivity index (χ1n) is 7.40. The topological polar surface area (TPSA) is 122 Å². The number of halogens is 3. The number of carbonyl (C=O) groups excluding carboxylic acids is 3. The lowest BCUT2D eigenvalue weighted by molar-refractivity contribution is -0.384. The van der Waals surface area contributed by atoms with E-state index in [2.05, 4.69) is 5.32 Å². The maximum absolute atomic E-state index is 12.6. The molecule has 0 radical (unpaired) electrons. The number of rotatable bonds is 6. The van der Waals surface area contributed by atoms with Gasteiger partial charge in [0.1, 0.15) is 0 Å². The zero-order chi connectivity index (χ0) is 20.9. The second kappa shape index (κ2) is 8.16. The Labute approximate surface area is 154 Å². The normalized spacial score (nSPS) is 10.7. The van der Waals surface area contributed by atoms with Gasteiger partial charge in [-0.05, 0) is 30.3 Å². The summed E-state index contributed by atoms with van der Waals surface area (Å²) in [6, 6.07) is 9.42. The van der Waals surface area contributed by atoms with Crippen LogP contribution < -0.4 is 15.8 Å². The van der Waals surface area contributed by atoms with Crippen molar-refractivity contribution in [3.63, 3.8) is 0 Å². The second-order valence-electron chi connectivity index (χ2n) is 5.19. The fraction of sp³-hybridized carbons (Fsp3) is 0.0625. The monoisotopic (exact) mass is 396 g/mol. The van der Waals surface area contributed by atoms with Crippen LogP contribution in [0.3, 0.4) is 0 Å². The Kier molecular flexibility index (Phi) is 5.93. The van der Waals surface area contributed by atoms with Gasteiger partial charge in [-0.15, -0.1) is 0 Å². The number of anilines is 2. The van der Waals surface area contributed by atoms with E-state index in [9.17, 15) is 37.7 Å². The summed E-state index contributed by atoms with van der Waals surface area (Å²) in [7, 11) is 0. The Bertz CT molecular complexity index is 915. The summed E-state index contributed by atoms with van der Waals surface area (Å²) < 4.78 is 37.8. The summed E-state index contributed by atoms with van der Waals surface area (Å²) in [5, 5.41) is 13.1. The highest BCUT2D eigenvalue weighted by Crippen LogP contribution is 2.24. The first-order chi connectivity index (χ1) is 13.1. The number of alkyl halides is 3. The average Bonchev–Trinajstić information content (AvgIpc) is 2.65. The smallest absolute Gasteiger partial charge is 0.322 e. The van der Waals surface area contributed by atoms with Crippen LogP contribution in [-0.2, 0) is 9.59 Å². The number of amides is 3. The van der Waals surface area contributed by atoms with E-state index in [-0.39, 0.29) is 34.0 Å². The van der Waals surface area contributed by atoms with Crippen molar-refractivity contribution in [1.29, 1.82) is 0 Å². The van der Waals surface area contributed by atoms with Crippen molar-refractivity contribution in [2.24, 2.45) is 0 Å². The van der Waals surface area contributed by atoms with Crippen LogP contribution in [0.5, 0.6) is 0 Å². The Morgan fingerprint density at radius 2 is 1.75 bits per heavy atom. The van der Waals surface area contributed by atoms with E-state index in [1.807, 2.05) is 0 Å². The number of nitro benzene ring substituents is 1. The number of benzene rings is 2. The number of nitrogens with one attached hydrogen (secondary N) is 2. The van der Waals surface area contributed by atoms with E-state index < -0.39 is 22.9 Å². The first-order valence-corrected chi connectivity index (χ1v) is 7.40. The van der Waals surface area contributed by atoms with Crippen molar-refractivity contribution in [2.75, 3.05) is 10.3 Å². The molecule has 0 aliphatic carbocycles. The highest BCUT2D eigenvalue weighted by molar-refractivity contribution is 6.05. The van der Waals surface area contributed by atoms with Gasteiger partial charge < -0.3 is 5.32 Å². The zero-order valence-electron chi connectivity index (χ0n) is 13.8. The van der Waals surface area contributed by atoms with Crippen molar-refractivity contribution in [2.45, 2.75) is 6.18 Å². The average molecular weight is 396 g/mol. The van der Waals surface area contributed by atoms with Gasteiger partial charge in [-0.3, -0.25) is 29.9 Å². The third-order valence-corrected chi connectivity index (χ3v) is 3.33. The zero-order valence-corrected chi connectivity index (χ0v) is 13.8. The fourth-order valence-corrected chi connectivity index (χ4v) is 2.09. The predicted molar refractivity (Wildman–Crippen MR) is 90.2 cm³/mol. The Balaban J connectivity index is 2.18. The molecule has 0 aromatic heterocycles. The highest BCUT2D eigenvalue weighted by Gasteiger charge is 2.43. The van der Waals surface area contributed by atoms with E-state index in [4.69, 9.17) is 0 Å². The van der Waals surface area contributed by atoms with Gasteiger partial charge in [0.05, 0.1) is 10.6 Å². The lowest BCUT2D eigenvalue weighted by Crippen LogP contribution is -2.49. The van der Waals surface area contributed by atoms with Gasteiger partial charge in [-0.2, -0.15) is 13.2 Å². The Hall–Kier alpha value is -3.96. The van der Waals surface area contributed by atoms with Gasteiger partial charge in [0, 0.05) is 23.4 Å². The molecule has 2 rings (SSSR count). The summed E-state index contributed by atoms with van der Waals surface area (Å²) in [5.41, 5.74) is 1.19. The van der Waals surface area contributed by atoms with Gasteiger partial charge in [0.15, 0.2) is 0 Å². The van der Waals surface area contributed by atoms with Crippen LogP contribution in [0.15, 0.2) is 48.5 Å². The number of nitrogens with zero attached hydrogens (tertiary/aromatic N) is 2. The van der Waals surface area contributed by atoms with Gasteiger partial charge in [0.25, 0.3) is 11.6 Å². The molecule has 0 aliphatic rings. The van der Waals surface area contributed by atoms with Crippen molar-refractivity contribution >= 4 is 35.3 Å². The number of hydrogen-bond donors (Lipinski definition) is 2. The SMILES string of the molecule is O=CNN(C(=O)C(F)(F)F)c1ccc(NC(=O)c2cccc([N+](=O)[O-])c2)cc1. The molecule has 9 nitrogen and oxygen atoms in total. The van der Waals surface area contributed by atoms with Crippen LogP contribution in [0.25, 0.3) is 0 Å². The molecule has 0 saturated carbocycles. The predicted octanol–water partition coefficient (Wildman–Crippen LogP) is 2.40. The van der Waals surface area contributed by atoms with Gasteiger partial charge in [-0.25, -0.2) is 5.01 Å². The number of nitro groups is 1. The maximum Gasteiger partial charge on any atom is 0.473 e. The molecular weight excluding hydrogens is 385 g/mol. The van der Waals surface area contributed by atoms with E-state index in [1.165, 1.54) is 30.3 Å². The quantitative estimate of drug-likeness (QED) is 0.441. The molecule has 0 bridgehead atoms. The lowest BCUT2D eigenvalue weighted by atomic mass is 10.2. The standard InChI is InChI=1S/C16H11F3N4O5/c17-16(18,19)15(26)22(20-9-24)12-6-4-11(5-7-12)21-14(25)10-2-1-3-13(8-10)23(27)28/h1-9H,(H,20,24)(H,21,25). The summed E-state index contributed by atoms with van der Waals surface area (Å²) in [4.78, 5) is 44.1. The van der Waals surface area contributed by atoms with Crippen LogP contribution in [0.1, 0.15) is 10.4 Å². The molecule has 0 fully saturated rings. The molecular formula is C16H11F3N4O5. The van der Waals surface area contributed by atoms with Crippen LogP contribution in [0.2, 0.25) is 0 Å². The molecule has 2 aromatic carbocycles. The Morgan fingerprint density at radius 3 is 2.29 bits per heavy atom. The molecule has 0 heterocycles. The third-order valence-electron chi connectivity index (χ3n) is 3.33. The van der Waals surface area contributed by atoms with E-state index in [0.29, 0.717) is 0 Å². The molecule has 12 heteroatoms. The highest BCUT2D eigenvalue weighted by atomic mass is 19.4. The number of hydrazine groups is 1. The Morgan fingerprint density at radius 1 is 1.11 bits per heavy atom. The molecule has 3 amide bonds. The third kappa shape index (κ3) is 4.81. The summed E-state index contributed by atoms with van der Waals surface area (Å²) in [6.45, 7) is 0. The number of hydrogen-bond acceptors (Lipinski definition) is 5. The largest absolute Gasteiger partial charge is 0.473 e. The lowest BCUT2D eigenvalue weighted by Gasteiger charge is -2.22. The molecule has 0 saturated heterocycles. The molecule has 28 heavy (non-hydrogen) atoms. The first kappa shape index (κ1) is 20.4. The second-order valence-corrected chi connectivity index (χ2v) is 5.19. The van der Waals surface area contributed by atoms with E-state index in [0.717, 1.165) is 18.2 Å². The molecule has 0 aliphatic heterocycles. The minimum atomic E-state index is -5.22.